The van der Waals surface area contributed by atoms with Gasteiger partial charge < -0.3 is 0 Å². The second-order valence-corrected chi connectivity index (χ2v) is 2.05. The SMILES string of the molecule is [CH2]CC(F)C(F)(F)[C@@H](F)CF. The molecule has 5 heteroatoms. The minimum atomic E-state index is -4.25. The van der Waals surface area contributed by atoms with Crippen LogP contribution in [0, 0.1) is 6.92 Å². The van der Waals surface area contributed by atoms with Crippen LogP contribution in [0.15, 0.2) is 0 Å². The largest absolute Gasteiger partial charge is 0.311 e. The fourth-order valence-electron chi connectivity index (χ4n) is 0.492. The second-order valence-electron chi connectivity index (χ2n) is 2.05. The molecule has 0 rings (SSSR count). The van der Waals surface area contributed by atoms with Crippen LogP contribution in [-0.4, -0.2) is 24.9 Å². The van der Waals surface area contributed by atoms with Crippen LogP contribution in [0.25, 0.3) is 0 Å². The summed E-state index contributed by atoms with van der Waals surface area (Å²) >= 11 is 0. The summed E-state index contributed by atoms with van der Waals surface area (Å²) in [6, 6.07) is 0. The quantitative estimate of drug-likeness (QED) is 0.576. The molecule has 0 amide bonds. The van der Waals surface area contributed by atoms with Crippen molar-refractivity contribution >= 4 is 0 Å². The van der Waals surface area contributed by atoms with Gasteiger partial charge in [0.05, 0.1) is 0 Å². The molecule has 1 unspecified atom stereocenters. The number of rotatable bonds is 4. The highest BCUT2D eigenvalue weighted by atomic mass is 19.3. The highest BCUT2D eigenvalue weighted by molar-refractivity contribution is 4.84. The molecule has 0 aromatic heterocycles. The Bertz CT molecular complexity index is 102. The Hall–Kier alpha value is -0.350. The topological polar surface area (TPSA) is 0 Å². The van der Waals surface area contributed by atoms with E-state index in [0.29, 0.717) is 0 Å². The summed E-state index contributed by atoms with van der Waals surface area (Å²) in [5.41, 5.74) is 0. The first kappa shape index (κ1) is 10.7. The van der Waals surface area contributed by atoms with E-state index in [9.17, 15) is 22.0 Å². The number of halogens is 5. The van der Waals surface area contributed by atoms with Crippen LogP contribution in [0.3, 0.4) is 0 Å². The molecule has 2 atom stereocenters. The van der Waals surface area contributed by atoms with Gasteiger partial charge in [-0.05, 0) is 6.42 Å². The first-order chi connectivity index (χ1) is 4.96. The Morgan fingerprint density at radius 2 is 1.64 bits per heavy atom. The van der Waals surface area contributed by atoms with Crippen LogP contribution in [0.2, 0.25) is 0 Å². The van der Waals surface area contributed by atoms with Crippen molar-refractivity contribution in [3.05, 3.63) is 6.92 Å². The van der Waals surface area contributed by atoms with E-state index in [1.165, 1.54) is 0 Å². The minimum Gasteiger partial charge on any atom is -0.248 e. The first-order valence-corrected chi connectivity index (χ1v) is 2.98. The average Bonchev–Trinajstić information content (AvgIpc) is 2.01. The van der Waals surface area contributed by atoms with Crippen LogP contribution in [0.4, 0.5) is 22.0 Å². The smallest absolute Gasteiger partial charge is 0.248 e. The van der Waals surface area contributed by atoms with Crippen LogP contribution in [0.1, 0.15) is 6.42 Å². The van der Waals surface area contributed by atoms with Crippen molar-refractivity contribution in [2.24, 2.45) is 0 Å². The molecule has 0 N–H and O–H groups in total. The van der Waals surface area contributed by atoms with E-state index in [-0.39, 0.29) is 0 Å². The summed E-state index contributed by atoms with van der Waals surface area (Å²) in [4.78, 5) is 0. The van der Waals surface area contributed by atoms with Gasteiger partial charge in [0.15, 0.2) is 12.3 Å². The van der Waals surface area contributed by atoms with E-state index in [1.54, 1.807) is 0 Å². The van der Waals surface area contributed by atoms with Crippen molar-refractivity contribution in [2.45, 2.75) is 24.7 Å². The molecule has 0 heterocycles. The van der Waals surface area contributed by atoms with Gasteiger partial charge in [0, 0.05) is 0 Å². The molecule has 0 aliphatic rings. The Morgan fingerprint density at radius 3 is 1.91 bits per heavy atom. The molecular weight excluding hydrogens is 167 g/mol. The molecule has 0 spiro atoms. The van der Waals surface area contributed by atoms with E-state index in [2.05, 4.69) is 6.92 Å². The molecule has 11 heavy (non-hydrogen) atoms. The third-order valence-electron chi connectivity index (χ3n) is 1.22. The summed E-state index contributed by atoms with van der Waals surface area (Å²) in [5, 5.41) is 0. The Kier molecular flexibility index (Phi) is 3.75. The highest BCUT2D eigenvalue weighted by Crippen LogP contribution is 2.29. The zero-order valence-electron chi connectivity index (χ0n) is 5.67. The zero-order chi connectivity index (χ0) is 9.07. The molecular formula is C6H8F5. The van der Waals surface area contributed by atoms with Gasteiger partial charge in [0.2, 0.25) is 0 Å². The van der Waals surface area contributed by atoms with Gasteiger partial charge in [-0.3, -0.25) is 0 Å². The number of alkyl halides is 5. The lowest BCUT2D eigenvalue weighted by atomic mass is 10.1. The minimum absolute atomic E-state index is 0.770. The molecule has 0 aliphatic carbocycles. The van der Waals surface area contributed by atoms with Gasteiger partial charge in [0.25, 0.3) is 0 Å². The molecule has 0 nitrogen and oxygen atoms in total. The lowest BCUT2D eigenvalue weighted by Crippen LogP contribution is -2.40. The summed E-state index contributed by atoms with van der Waals surface area (Å²) in [7, 11) is 0. The van der Waals surface area contributed by atoms with Gasteiger partial charge in [-0.2, -0.15) is 0 Å². The molecule has 1 radical (unpaired) electrons. The summed E-state index contributed by atoms with van der Waals surface area (Å²) in [5.74, 6) is -4.25. The molecule has 0 saturated carbocycles. The maximum Gasteiger partial charge on any atom is 0.311 e. The molecule has 0 aliphatic heterocycles. The molecule has 0 bridgehead atoms. The zero-order valence-corrected chi connectivity index (χ0v) is 5.67. The number of hydrogen-bond acceptors (Lipinski definition) is 0. The fraction of sp³-hybridized carbons (Fsp3) is 0.833. The molecule has 67 valence electrons. The fourth-order valence-corrected chi connectivity index (χ4v) is 0.492. The molecule has 0 fully saturated rings. The maximum absolute atomic E-state index is 12.2. The van der Waals surface area contributed by atoms with E-state index in [1.807, 2.05) is 0 Å². The predicted octanol–water partition coefficient (Wildman–Crippen LogP) is 2.49. The molecule has 0 saturated heterocycles. The first-order valence-electron chi connectivity index (χ1n) is 2.98. The van der Waals surface area contributed by atoms with Gasteiger partial charge in [-0.15, -0.1) is 0 Å². The van der Waals surface area contributed by atoms with Crippen LogP contribution >= 0.6 is 0 Å². The Morgan fingerprint density at radius 1 is 1.18 bits per heavy atom. The van der Waals surface area contributed by atoms with E-state index < -0.39 is 31.4 Å². The molecule has 0 aromatic rings. The Balaban J connectivity index is 4.18. The maximum atomic E-state index is 12.2. The van der Waals surface area contributed by atoms with Gasteiger partial charge in [0.1, 0.15) is 6.67 Å². The van der Waals surface area contributed by atoms with Crippen LogP contribution in [-0.2, 0) is 0 Å². The van der Waals surface area contributed by atoms with Gasteiger partial charge >= 0.3 is 5.92 Å². The summed E-state index contributed by atoms with van der Waals surface area (Å²) in [6.45, 7) is 0.943. The Labute approximate surface area is 61.4 Å². The summed E-state index contributed by atoms with van der Waals surface area (Å²) < 4.78 is 59.8. The van der Waals surface area contributed by atoms with E-state index in [0.717, 1.165) is 0 Å². The van der Waals surface area contributed by atoms with Crippen molar-refractivity contribution in [2.75, 3.05) is 6.67 Å². The standard InChI is InChI=1S/C6H8F5/c1-2-4(8)6(10,11)5(9)3-7/h4-5H,1-3H2/t4?,5-/m0/s1. The van der Waals surface area contributed by atoms with Crippen molar-refractivity contribution in [3.63, 3.8) is 0 Å². The van der Waals surface area contributed by atoms with Gasteiger partial charge in [-0.25, -0.2) is 22.0 Å². The lowest BCUT2D eigenvalue weighted by Gasteiger charge is -2.21. The average molecular weight is 175 g/mol. The van der Waals surface area contributed by atoms with Gasteiger partial charge in [-0.1, -0.05) is 6.92 Å². The van der Waals surface area contributed by atoms with Crippen molar-refractivity contribution in [1.29, 1.82) is 0 Å². The van der Waals surface area contributed by atoms with Crippen LogP contribution < -0.4 is 0 Å². The van der Waals surface area contributed by atoms with Crippen LogP contribution in [0.5, 0.6) is 0 Å². The van der Waals surface area contributed by atoms with E-state index in [4.69, 9.17) is 0 Å². The number of hydrogen-bond donors (Lipinski definition) is 0. The third kappa shape index (κ3) is 2.31. The van der Waals surface area contributed by atoms with Crippen molar-refractivity contribution in [3.8, 4) is 0 Å². The second kappa shape index (κ2) is 3.88. The molecule has 0 aromatic carbocycles. The monoisotopic (exact) mass is 175 g/mol. The normalized spacial score (nSPS) is 18.0. The summed E-state index contributed by atoms with van der Waals surface area (Å²) in [6.07, 6.45) is -6.56. The highest BCUT2D eigenvalue weighted by Gasteiger charge is 2.47. The predicted molar refractivity (Wildman–Crippen MR) is 30.7 cm³/mol. The van der Waals surface area contributed by atoms with Crippen molar-refractivity contribution < 1.29 is 22.0 Å². The third-order valence-corrected chi connectivity index (χ3v) is 1.22. The van der Waals surface area contributed by atoms with E-state index >= 15 is 0 Å². The lowest BCUT2D eigenvalue weighted by molar-refractivity contribution is -0.130. The van der Waals surface area contributed by atoms with Crippen molar-refractivity contribution in [1.82, 2.24) is 0 Å².